The molecule has 0 aliphatic carbocycles. The zero-order valence-corrected chi connectivity index (χ0v) is 11.4. The van der Waals surface area contributed by atoms with Crippen molar-refractivity contribution in [1.29, 1.82) is 0 Å². The van der Waals surface area contributed by atoms with Crippen molar-refractivity contribution in [3.63, 3.8) is 0 Å². The first-order valence-corrected chi connectivity index (χ1v) is 7.13. The summed E-state index contributed by atoms with van der Waals surface area (Å²) in [5, 5.41) is 8.43. The summed E-state index contributed by atoms with van der Waals surface area (Å²) in [7, 11) is 0. The molecule has 1 fully saturated rings. The Morgan fingerprint density at radius 2 is 2.15 bits per heavy atom. The predicted molar refractivity (Wildman–Crippen MR) is 70.3 cm³/mol. The van der Waals surface area contributed by atoms with Crippen LogP contribution in [0.4, 0.5) is 0 Å². The molecule has 7 heteroatoms. The molecular formula is C13H19N5O2. The Hall–Kier alpha value is -1.92. The largest absolute Gasteiger partial charge is 0.369 e. The molecular weight excluding hydrogens is 258 g/mol. The van der Waals surface area contributed by atoms with Gasteiger partial charge in [0.15, 0.2) is 5.82 Å². The highest BCUT2D eigenvalue weighted by molar-refractivity contribution is 5.88. The van der Waals surface area contributed by atoms with E-state index in [1.54, 1.807) is 4.90 Å². The van der Waals surface area contributed by atoms with Crippen LogP contribution in [0.3, 0.4) is 0 Å². The van der Waals surface area contributed by atoms with Gasteiger partial charge in [0.25, 0.3) is 0 Å². The van der Waals surface area contributed by atoms with Crippen molar-refractivity contribution in [2.75, 3.05) is 6.54 Å². The molecule has 0 saturated carbocycles. The third-order valence-corrected chi connectivity index (χ3v) is 4.14. The maximum Gasteiger partial charge on any atom is 0.223 e. The number of amides is 2. The second kappa shape index (κ2) is 5.22. The number of hydrogen-bond acceptors (Lipinski definition) is 4. The summed E-state index contributed by atoms with van der Waals surface area (Å²) in [6, 6.07) is 0. The monoisotopic (exact) mass is 277 g/mol. The van der Waals surface area contributed by atoms with Gasteiger partial charge in [-0.25, -0.2) is 0 Å². The topological polar surface area (TPSA) is 94.1 Å². The number of likely N-dealkylation sites (tertiary alicyclic amines) is 1. The molecule has 2 aliphatic heterocycles. The van der Waals surface area contributed by atoms with E-state index in [1.165, 1.54) is 6.42 Å². The molecule has 0 spiro atoms. The van der Waals surface area contributed by atoms with Gasteiger partial charge in [0.05, 0.1) is 12.5 Å². The van der Waals surface area contributed by atoms with Gasteiger partial charge in [0.1, 0.15) is 5.82 Å². The molecule has 2 N–H and O–H groups in total. The van der Waals surface area contributed by atoms with Gasteiger partial charge in [-0.2, -0.15) is 0 Å². The molecule has 2 aliphatic rings. The summed E-state index contributed by atoms with van der Waals surface area (Å²) in [6.45, 7) is 1.74. The molecule has 1 atom stereocenters. The highest BCUT2D eigenvalue weighted by Crippen LogP contribution is 2.21. The van der Waals surface area contributed by atoms with Gasteiger partial charge in [-0.05, 0) is 12.8 Å². The molecule has 108 valence electrons. The fourth-order valence-corrected chi connectivity index (χ4v) is 2.95. The molecule has 0 bridgehead atoms. The van der Waals surface area contributed by atoms with Gasteiger partial charge in [0, 0.05) is 25.9 Å². The summed E-state index contributed by atoms with van der Waals surface area (Å²) >= 11 is 0. The van der Waals surface area contributed by atoms with Gasteiger partial charge in [-0.15, -0.1) is 10.2 Å². The second-order valence-electron chi connectivity index (χ2n) is 5.57. The summed E-state index contributed by atoms with van der Waals surface area (Å²) < 4.78 is 2.12. The van der Waals surface area contributed by atoms with E-state index in [4.69, 9.17) is 5.73 Å². The molecule has 1 aromatic rings. The van der Waals surface area contributed by atoms with Gasteiger partial charge < -0.3 is 15.2 Å². The van der Waals surface area contributed by atoms with Crippen LogP contribution in [-0.2, 0) is 29.1 Å². The molecule has 3 heterocycles. The van der Waals surface area contributed by atoms with Gasteiger partial charge in [0.2, 0.25) is 11.8 Å². The first kappa shape index (κ1) is 13.1. The Balaban J connectivity index is 1.74. The number of rotatable bonds is 3. The Morgan fingerprint density at radius 1 is 1.30 bits per heavy atom. The minimum atomic E-state index is -0.402. The van der Waals surface area contributed by atoms with Gasteiger partial charge in [-0.3, -0.25) is 9.59 Å². The lowest BCUT2D eigenvalue weighted by molar-refractivity contribution is -0.129. The Bertz CT molecular complexity index is 539. The van der Waals surface area contributed by atoms with Crippen LogP contribution < -0.4 is 5.73 Å². The van der Waals surface area contributed by atoms with Crippen LogP contribution in [-0.4, -0.2) is 38.0 Å². The zero-order chi connectivity index (χ0) is 14.1. The molecule has 20 heavy (non-hydrogen) atoms. The third-order valence-electron chi connectivity index (χ3n) is 4.14. The van der Waals surface area contributed by atoms with Crippen LogP contribution in [0.1, 0.15) is 37.3 Å². The van der Waals surface area contributed by atoms with E-state index in [0.717, 1.165) is 37.5 Å². The van der Waals surface area contributed by atoms with E-state index in [2.05, 4.69) is 14.8 Å². The second-order valence-corrected chi connectivity index (χ2v) is 5.57. The lowest BCUT2D eigenvalue weighted by Crippen LogP contribution is -2.29. The van der Waals surface area contributed by atoms with E-state index < -0.39 is 5.91 Å². The SMILES string of the molecule is NC(=O)C1CC(=O)N(Cc2nnc3n2CCCCC3)C1. The first-order valence-electron chi connectivity index (χ1n) is 7.13. The summed E-state index contributed by atoms with van der Waals surface area (Å²) in [5.41, 5.74) is 5.28. The molecule has 1 saturated heterocycles. The summed E-state index contributed by atoms with van der Waals surface area (Å²) in [6.07, 6.45) is 4.64. The first-order chi connectivity index (χ1) is 9.65. The smallest absolute Gasteiger partial charge is 0.223 e. The number of nitrogens with zero attached hydrogens (tertiary/aromatic N) is 4. The van der Waals surface area contributed by atoms with Crippen LogP contribution >= 0.6 is 0 Å². The van der Waals surface area contributed by atoms with E-state index in [9.17, 15) is 9.59 Å². The van der Waals surface area contributed by atoms with Crippen molar-refractivity contribution in [3.8, 4) is 0 Å². The van der Waals surface area contributed by atoms with E-state index >= 15 is 0 Å². The molecule has 2 amide bonds. The van der Waals surface area contributed by atoms with Crippen LogP contribution in [0.2, 0.25) is 0 Å². The number of aromatic nitrogens is 3. The van der Waals surface area contributed by atoms with Crippen molar-refractivity contribution in [3.05, 3.63) is 11.6 Å². The number of aryl methyl sites for hydroxylation is 1. The molecule has 0 radical (unpaired) electrons. The zero-order valence-electron chi connectivity index (χ0n) is 11.4. The standard InChI is InChI=1S/C13H19N5O2/c14-13(20)9-6-12(19)17(7-9)8-11-16-15-10-4-2-1-3-5-18(10)11/h9H,1-8H2,(H2,14,20). The number of primary amides is 1. The Morgan fingerprint density at radius 3 is 2.90 bits per heavy atom. The fourth-order valence-electron chi connectivity index (χ4n) is 2.95. The maximum atomic E-state index is 11.9. The van der Waals surface area contributed by atoms with E-state index in [-0.39, 0.29) is 18.2 Å². The van der Waals surface area contributed by atoms with Crippen molar-refractivity contribution in [1.82, 2.24) is 19.7 Å². The predicted octanol–water partition coefficient (Wildman–Crippen LogP) is -0.162. The quantitative estimate of drug-likeness (QED) is 0.830. The average molecular weight is 277 g/mol. The maximum absolute atomic E-state index is 11.9. The molecule has 3 rings (SSSR count). The van der Waals surface area contributed by atoms with Crippen LogP contribution in [0, 0.1) is 5.92 Å². The van der Waals surface area contributed by atoms with Crippen LogP contribution in [0.25, 0.3) is 0 Å². The molecule has 7 nitrogen and oxygen atoms in total. The van der Waals surface area contributed by atoms with Crippen molar-refractivity contribution < 1.29 is 9.59 Å². The number of fused-ring (bicyclic) bond motifs is 1. The van der Waals surface area contributed by atoms with E-state index in [0.29, 0.717) is 13.1 Å². The highest BCUT2D eigenvalue weighted by atomic mass is 16.2. The fraction of sp³-hybridized carbons (Fsp3) is 0.692. The lowest BCUT2D eigenvalue weighted by Gasteiger charge is -2.16. The van der Waals surface area contributed by atoms with Crippen LogP contribution in [0.5, 0.6) is 0 Å². The average Bonchev–Trinajstić information content (AvgIpc) is 2.87. The summed E-state index contributed by atoms with van der Waals surface area (Å²) in [5.74, 6) is 1.03. The lowest BCUT2D eigenvalue weighted by atomic mass is 10.1. The normalized spacial score (nSPS) is 22.7. The van der Waals surface area contributed by atoms with Crippen molar-refractivity contribution in [2.24, 2.45) is 11.7 Å². The van der Waals surface area contributed by atoms with E-state index in [1.807, 2.05) is 0 Å². The van der Waals surface area contributed by atoms with Crippen LogP contribution in [0.15, 0.2) is 0 Å². The summed E-state index contributed by atoms with van der Waals surface area (Å²) in [4.78, 5) is 24.8. The molecule has 1 aromatic heterocycles. The van der Waals surface area contributed by atoms with Crippen molar-refractivity contribution >= 4 is 11.8 Å². The molecule has 0 aromatic carbocycles. The van der Waals surface area contributed by atoms with Gasteiger partial charge in [-0.1, -0.05) is 6.42 Å². The number of hydrogen-bond donors (Lipinski definition) is 1. The third kappa shape index (κ3) is 2.39. The van der Waals surface area contributed by atoms with Crippen molar-refractivity contribution in [2.45, 2.75) is 45.2 Å². The number of nitrogens with two attached hydrogens (primary N) is 1. The number of carbonyl (C=O) groups excluding carboxylic acids is 2. The molecule has 1 unspecified atom stereocenters. The Labute approximate surface area is 117 Å². The minimum absolute atomic E-state index is 0.0280. The highest BCUT2D eigenvalue weighted by Gasteiger charge is 2.34. The number of carbonyl (C=O) groups is 2. The minimum Gasteiger partial charge on any atom is -0.369 e. The van der Waals surface area contributed by atoms with Gasteiger partial charge >= 0.3 is 0 Å². The Kier molecular flexibility index (Phi) is 3.42.